The minimum Gasteiger partial charge on any atom is -0.460 e. The molecule has 0 aliphatic carbocycles. The third kappa shape index (κ3) is 5.64. The number of benzene rings is 1. The van der Waals surface area contributed by atoms with Crippen LogP contribution in [0.3, 0.4) is 0 Å². The smallest absolute Gasteiger partial charge is 0.333 e. The van der Waals surface area contributed by atoms with E-state index in [2.05, 4.69) is 11.6 Å². The Bertz CT molecular complexity index is 662. The average molecular weight is 310 g/mol. The molecular weight excluding hydrogens is 292 g/mol. The molecule has 1 aromatic rings. The number of ether oxygens (including phenoxy) is 1. The number of likely N-dealkylation sites (N-methyl/N-ethyl adjacent to an activating group) is 1. The Kier molecular flexibility index (Phi) is 7.03. The first-order valence-electron chi connectivity index (χ1n) is 7.08. The molecule has 0 aliphatic rings. The van der Waals surface area contributed by atoms with Gasteiger partial charge in [0.1, 0.15) is 18.7 Å². The van der Waals surface area contributed by atoms with Crippen LogP contribution in [0.25, 0.3) is 0 Å². The van der Waals surface area contributed by atoms with E-state index in [0.29, 0.717) is 17.8 Å². The van der Waals surface area contributed by atoms with Crippen LogP contribution >= 0.6 is 0 Å². The fourth-order valence-corrected chi connectivity index (χ4v) is 1.78. The Balaban J connectivity index is 2.71. The fraction of sp³-hybridized carbons (Fsp3) is 0.294. The predicted octanol–water partition coefficient (Wildman–Crippen LogP) is 2.75. The van der Waals surface area contributed by atoms with Crippen molar-refractivity contribution >= 4 is 23.1 Å². The Labute approximate surface area is 135 Å². The summed E-state index contributed by atoms with van der Waals surface area (Å²) >= 11 is 0. The van der Waals surface area contributed by atoms with Gasteiger partial charge in [-0.3, -0.25) is 0 Å². The standard InChI is InChI=1S/C17H18N4O2/c1-4-21(9-10-23-17(22)13(2)3)16-7-5-14(6-8-16)20-15(11-18)12-19/h5-8H,2,4,9-10H2,1,3H3. The first kappa shape index (κ1) is 17.9. The van der Waals surface area contributed by atoms with E-state index >= 15 is 0 Å². The van der Waals surface area contributed by atoms with Crippen molar-refractivity contribution in [3.8, 4) is 12.1 Å². The van der Waals surface area contributed by atoms with Crippen molar-refractivity contribution in [1.82, 2.24) is 0 Å². The Morgan fingerprint density at radius 2 is 1.91 bits per heavy atom. The average Bonchev–Trinajstić information content (AvgIpc) is 2.57. The zero-order chi connectivity index (χ0) is 17.2. The summed E-state index contributed by atoms with van der Waals surface area (Å²) in [5, 5.41) is 17.4. The number of aliphatic imine (C=N–C) groups is 1. The highest BCUT2D eigenvalue weighted by atomic mass is 16.5. The van der Waals surface area contributed by atoms with Gasteiger partial charge in [0.25, 0.3) is 0 Å². The summed E-state index contributed by atoms with van der Waals surface area (Å²) < 4.78 is 5.09. The second kappa shape index (κ2) is 9.01. The third-order valence-corrected chi connectivity index (χ3v) is 2.99. The molecule has 0 saturated carbocycles. The predicted molar refractivity (Wildman–Crippen MR) is 88.4 cm³/mol. The molecule has 0 unspecified atom stereocenters. The molecule has 1 aromatic carbocycles. The van der Waals surface area contributed by atoms with E-state index in [-0.39, 0.29) is 12.3 Å². The van der Waals surface area contributed by atoms with Crippen LogP contribution in [-0.2, 0) is 9.53 Å². The van der Waals surface area contributed by atoms with Crippen molar-refractivity contribution in [3.63, 3.8) is 0 Å². The Morgan fingerprint density at radius 1 is 1.30 bits per heavy atom. The number of rotatable bonds is 7. The summed E-state index contributed by atoms with van der Waals surface area (Å²) in [6.45, 7) is 8.71. The number of nitrogens with zero attached hydrogens (tertiary/aromatic N) is 4. The lowest BCUT2D eigenvalue weighted by atomic mass is 10.2. The second-order valence-electron chi connectivity index (χ2n) is 4.70. The van der Waals surface area contributed by atoms with Crippen molar-refractivity contribution < 1.29 is 9.53 Å². The lowest BCUT2D eigenvalue weighted by Crippen LogP contribution is -2.28. The van der Waals surface area contributed by atoms with Crippen LogP contribution in [0.15, 0.2) is 41.4 Å². The number of anilines is 1. The van der Waals surface area contributed by atoms with Crippen LogP contribution in [0, 0.1) is 22.7 Å². The normalized spacial score (nSPS) is 9.22. The van der Waals surface area contributed by atoms with Gasteiger partial charge in [0.15, 0.2) is 0 Å². The summed E-state index contributed by atoms with van der Waals surface area (Å²) in [6, 6.07) is 10.6. The van der Waals surface area contributed by atoms with Gasteiger partial charge in [0.05, 0.1) is 12.2 Å². The summed E-state index contributed by atoms with van der Waals surface area (Å²) in [7, 11) is 0. The molecule has 0 amide bonds. The molecule has 0 bridgehead atoms. The van der Waals surface area contributed by atoms with Crippen molar-refractivity contribution in [1.29, 1.82) is 10.5 Å². The molecule has 0 fully saturated rings. The van der Waals surface area contributed by atoms with Gasteiger partial charge < -0.3 is 9.64 Å². The molecule has 0 atom stereocenters. The van der Waals surface area contributed by atoms with Crippen LogP contribution < -0.4 is 4.90 Å². The third-order valence-electron chi connectivity index (χ3n) is 2.99. The van der Waals surface area contributed by atoms with E-state index in [0.717, 1.165) is 12.2 Å². The summed E-state index contributed by atoms with van der Waals surface area (Å²) in [4.78, 5) is 17.3. The molecule has 1 rings (SSSR count). The molecule has 23 heavy (non-hydrogen) atoms. The number of carbonyl (C=O) groups excluding carboxylic acids is 1. The van der Waals surface area contributed by atoms with Crippen LogP contribution in [0.4, 0.5) is 11.4 Å². The number of nitriles is 2. The summed E-state index contributed by atoms with van der Waals surface area (Å²) in [5.41, 5.74) is 1.67. The van der Waals surface area contributed by atoms with Gasteiger partial charge in [-0.1, -0.05) is 6.58 Å². The highest BCUT2D eigenvalue weighted by molar-refractivity contribution is 6.11. The largest absolute Gasteiger partial charge is 0.460 e. The molecule has 0 spiro atoms. The van der Waals surface area contributed by atoms with Crippen molar-refractivity contribution in [2.75, 3.05) is 24.6 Å². The maximum atomic E-state index is 11.3. The first-order valence-corrected chi connectivity index (χ1v) is 7.08. The van der Waals surface area contributed by atoms with E-state index in [1.165, 1.54) is 0 Å². The first-order chi connectivity index (χ1) is 11.0. The van der Waals surface area contributed by atoms with Gasteiger partial charge in [0, 0.05) is 17.8 Å². The zero-order valence-corrected chi connectivity index (χ0v) is 13.2. The van der Waals surface area contributed by atoms with Gasteiger partial charge in [0.2, 0.25) is 5.71 Å². The van der Waals surface area contributed by atoms with Crippen molar-refractivity contribution in [2.24, 2.45) is 4.99 Å². The number of esters is 1. The van der Waals surface area contributed by atoms with Crippen molar-refractivity contribution in [2.45, 2.75) is 13.8 Å². The van der Waals surface area contributed by atoms with E-state index < -0.39 is 5.97 Å². The van der Waals surface area contributed by atoms with Crippen LogP contribution in [0.5, 0.6) is 0 Å². The monoisotopic (exact) mass is 310 g/mol. The van der Waals surface area contributed by atoms with Crippen LogP contribution in [0.2, 0.25) is 0 Å². The number of hydrogen-bond acceptors (Lipinski definition) is 6. The van der Waals surface area contributed by atoms with Crippen molar-refractivity contribution in [3.05, 3.63) is 36.4 Å². The van der Waals surface area contributed by atoms with Gasteiger partial charge in [-0.15, -0.1) is 0 Å². The fourth-order valence-electron chi connectivity index (χ4n) is 1.78. The molecule has 0 saturated heterocycles. The molecular formula is C17H18N4O2. The van der Waals surface area contributed by atoms with E-state index in [1.54, 1.807) is 31.2 Å². The van der Waals surface area contributed by atoms with Gasteiger partial charge in [-0.2, -0.15) is 10.5 Å². The second-order valence-corrected chi connectivity index (χ2v) is 4.70. The molecule has 0 radical (unpaired) electrons. The SMILES string of the molecule is C=C(C)C(=O)OCCN(CC)c1ccc(N=C(C#N)C#N)cc1. The molecule has 118 valence electrons. The summed E-state index contributed by atoms with van der Waals surface area (Å²) in [5.74, 6) is -0.397. The zero-order valence-electron chi connectivity index (χ0n) is 13.2. The maximum absolute atomic E-state index is 11.3. The summed E-state index contributed by atoms with van der Waals surface area (Å²) in [6.07, 6.45) is 0. The Morgan fingerprint density at radius 3 is 2.39 bits per heavy atom. The molecule has 6 nitrogen and oxygen atoms in total. The van der Waals surface area contributed by atoms with Crippen LogP contribution in [0.1, 0.15) is 13.8 Å². The molecule has 0 heterocycles. The van der Waals surface area contributed by atoms with Gasteiger partial charge in [-0.05, 0) is 38.1 Å². The minimum atomic E-state index is -0.397. The number of carbonyl (C=O) groups is 1. The highest BCUT2D eigenvalue weighted by Gasteiger charge is 2.07. The highest BCUT2D eigenvalue weighted by Crippen LogP contribution is 2.20. The van der Waals surface area contributed by atoms with E-state index in [4.69, 9.17) is 15.3 Å². The number of hydrogen-bond donors (Lipinski definition) is 0. The molecule has 0 N–H and O–H groups in total. The maximum Gasteiger partial charge on any atom is 0.333 e. The van der Waals surface area contributed by atoms with E-state index in [1.807, 2.05) is 24.0 Å². The van der Waals surface area contributed by atoms with Gasteiger partial charge in [-0.25, -0.2) is 9.79 Å². The lowest BCUT2D eigenvalue weighted by molar-refractivity contribution is -0.138. The van der Waals surface area contributed by atoms with E-state index in [9.17, 15) is 4.79 Å². The Hall–Kier alpha value is -3.12. The molecule has 6 heteroatoms. The quantitative estimate of drug-likeness (QED) is 0.439. The minimum absolute atomic E-state index is 0.184. The van der Waals surface area contributed by atoms with Crippen LogP contribution in [-0.4, -0.2) is 31.4 Å². The topological polar surface area (TPSA) is 89.5 Å². The lowest BCUT2D eigenvalue weighted by Gasteiger charge is -2.23. The molecule has 0 aromatic heterocycles. The molecule has 0 aliphatic heterocycles. The van der Waals surface area contributed by atoms with Gasteiger partial charge >= 0.3 is 5.97 Å².